The summed E-state index contributed by atoms with van der Waals surface area (Å²) in [5.41, 5.74) is 3.39. The molecular weight excluding hydrogens is 434 g/mol. The van der Waals surface area contributed by atoms with Gasteiger partial charge in [-0.05, 0) is 92.0 Å². The van der Waals surface area contributed by atoms with Crippen LogP contribution in [0.25, 0.3) is 0 Å². The Bertz CT molecular complexity index is 809. The van der Waals surface area contributed by atoms with Crippen LogP contribution in [0.3, 0.4) is 0 Å². The quantitative estimate of drug-likeness (QED) is 0.457. The van der Waals surface area contributed by atoms with E-state index in [0.717, 1.165) is 22.7 Å². The number of benzene rings is 1. The Balaban J connectivity index is 1.33. The topological polar surface area (TPSA) is 21.3 Å². The summed E-state index contributed by atoms with van der Waals surface area (Å²) < 4.78 is 7.45. The molecule has 0 aliphatic heterocycles. The van der Waals surface area contributed by atoms with Gasteiger partial charge >= 0.3 is 0 Å². The zero-order chi connectivity index (χ0) is 20.6. The lowest BCUT2D eigenvalue weighted by atomic mass is 9.49. The number of fused-ring (bicyclic) bond motifs is 3. The van der Waals surface area contributed by atoms with Crippen LogP contribution in [0.4, 0.5) is 0 Å². The number of hydrogen-bond donors (Lipinski definition) is 1. The molecule has 0 bridgehead atoms. The number of nitrogens with one attached hydrogen (secondary N) is 1. The minimum absolute atomic E-state index is 0.462. The van der Waals surface area contributed by atoms with Crippen LogP contribution in [0, 0.1) is 23.2 Å². The van der Waals surface area contributed by atoms with Crippen LogP contribution in [0.15, 0.2) is 52.2 Å². The Morgan fingerprint density at radius 3 is 2.67 bits per heavy atom. The van der Waals surface area contributed by atoms with Crippen molar-refractivity contribution in [3.63, 3.8) is 0 Å². The van der Waals surface area contributed by atoms with Gasteiger partial charge in [0.25, 0.3) is 0 Å². The van der Waals surface area contributed by atoms with Gasteiger partial charge in [-0.25, -0.2) is 0 Å². The zero-order valence-electron chi connectivity index (χ0n) is 18.3. The van der Waals surface area contributed by atoms with E-state index in [1.807, 2.05) is 0 Å². The molecule has 2 nitrogen and oxygen atoms in total. The second kappa shape index (κ2) is 8.82. The lowest BCUT2D eigenvalue weighted by Gasteiger charge is -2.57. The molecule has 1 aromatic carbocycles. The van der Waals surface area contributed by atoms with Crippen molar-refractivity contribution < 1.29 is 4.74 Å². The fourth-order valence-corrected chi connectivity index (χ4v) is 6.89. The maximum atomic E-state index is 6.33. The monoisotopic (exact) mass is 469 g/mol. The Morgan fingerprint density at radius 2 is 1.90 bits per heavy atom. The van der Waals surface area contributed by atoms with Crippen LogP contribution in [0.5, 0.6) is 0 Å². The third-order valence-corrected chi connectivity index (χ3v) is 9.01. The summed E-state index contributed by atoms with van der Waals surface area (Å²) in [5, 5.41) is 4.04. The van der Waals surface area contributed by atoms with Gasteiger partial charge in [0.2, 0.25) is 0 Å². The van der Waals surface area contributed by atoms with Gasteiger partial charge in [-0.2, -0.15) is 0 Å². The normalized spacial score (nSPS) is 33.2. The molecule has 3 saturated carbocycles. The van der Waals surface area contributed by atoms with Crippen LogP contribution in [-0.2, 0) is 11.3 Å². The number of ether oxygens (including phenoxy) is 1. The van der Waals surface area contributed by atoms with Crippen molar-refractivity contribution in [2.24, 2.45) is 23.2 Å². The average molecular weight is 470 g/mol. The van der Waals surface area contributed by atoms with Gasteiger partial charge < -0.3 is 10.1 Å². The van der Waals surface area contributed by atoms with Gasteiger partial charge in [0.1, 0.15) is 6.61 Å². The summed E-state index contributed by atoms with van der Waals surface area (Å²) in [6.45, 7) is 4.37. The zero-order valence-corrected chi connectivity index (χ0v) is 19.9. The predicted octanol–water partition coefficient (Wildman–Crippen LogP) is 7.15. The Hall–Kier alpha value is -1.06. The standard InChI is InChI=1S/C27H36BrNO/c1-2-27-14-4-3-5-24(27)26(29-17-19-6-7-19)15-21-10-13-23(16-25(21)27)30-18-20-8-11-22(28)12-9-20/h8-13,19,24-26,29H,2-7,14-18H2,1H3. The first-order valence-corrected chi connectivity index (χ1v) is 13.0. The Labute approximate surface area is 190 Å². The van der Waals surface area contributed by atoms with Crippen LogP contribution in [0.2, 0.25) is 0 Å². The summed E-state index contributed by atoms with van der Waals surface area (Å²) in [4.78, 5) is 0. The first kappa shape index (κ1) is 20.8. The van der Waals surface area contributed by atoms with Crippen molar-refractivity contribution in [3.05, 3.63) is 57.8 Å². The van der Waals surface area contributed by atoms with Crippen molar-refractivity contribution in [1.82, 2.24) is 5.32 Å². The van der Waals surface area contributed by atoms with Crippen molar-refractivity contribution in [1.29, 1.82) is 0 Å². The van der Waals surface area contributed by atoms with E-state index in [1.165, 1.54) is 69.2 Å². The van der Waals surface area contributed by atoms with E-state index in [2.05, 4.69) is 64.6 Å². The second-order valence-electron chi connectivity index (χ2n) is 10.1. The van der Waals surface area contributed by atoms with Crippen LogP contribution < -0.4 is 5.32 Å². The third-order valence-electron chi connectivity index (χ3n) is 8.48. The van der Waals surface area contributed by atoms with Crippen LogP contribution >= 0.6 is 15.9 Å². The molecule has 0 aromatic heterocycles. The SMILES string of the molecule is CCC12CCCCC1C(NCC1CC1)CC1=CC=C(OCc3ccc(Br)cc3)CC12. The highest BCUT2D eigenvalue weighted by Gasteiger charge is 2.53. The van der Waals surface area contributed by atoms with E-state index < -0.39 is 0 Å². The highest BCUT2D eigenvalue weighted by molar-refractivity contribution is 9.10. The third kappa shape index (κ3) is 4.17. The molecule has 0 spiro atoms. The van der Waals surface area contributed by atoms with E-state index in [1.54, 1.807) is 5.57 Å². The van der Waals surface area contributed by atoms with Crippen LogP contribution in [0.1, 0.15) is 70.3 Å². The Kier molecular flexibility index (Phi) is 6.12. The maximum absolute atomic E-state index is 6.33. The van der Waals surface area contributed by atoms with E-state index in [-0.39, 0.29) is 0 Å². The molecule has 3 fully saturated rings. The molecule has 0 saturated heterocycles. The largest absolute Gasteiger partial charge is 0.493 e. The predicted molar refractivity (Wildman–Crippen MR) is 127 cm³/mol. The highest BCUT2D eigenvalue weighted by Crippen LogP contribution is 2.59. The fraction of sp³-hybridized carbons (Fsp3) is 0.630. The van der Waals surface area contributed by atoms with Gasteiger partial charge in [-0.3, -0.25) is 0 Å². The molecule has 1 aromatic rings. The molecule has 0 amide bonds. The molecule has 4 unspecified atom stereocenters. The van der Waals surface area contributed by atoms with E-state index in [0.29, 0.717) is 24.0 Å². The number of hydrogen-bond acceptors (Lipinski definition) is 2. The summed E-state index contributed by atoms with van der Waals surface area (Å²) in [5.74, 6) is 3.66. The molecule has 30 heavy (non-hydrogen) atoms. The molecule has 4 aliphatic carbocycles. The minimum Gasteiger partial charge on any atom is -0.493 e. The molecular formula is C27H36BrNO. The molecule has 1 N–H and O–H groups in total. The van der Waals surface area contributed by atoms with Gasteiger partial charge in [0.15, 0.2) is 0 Å². The number of halogens is 1. The summed E-state index contributed by atoms with van der Waals surface area (Å²) in [6.07, 6.45) is 16.9. The fourth-order valence-electron chi connectivity index (χ4n) is 6.62. The average Bonchev–Trinajstić information content (AvgIpc) is 3.61. The lowest BCUT2D eigenvalue weighted by Crippen LogP contribution is -2.55. The number of allylic oxidation sites excluding steroid dienone is 3. The van der Waals surface area contributed by atoms with Crippen molar-refractivity contribution in [3.8, 4) is 0 Å². The Morgan fingerprint density at radius 1 is 1.07 bits per heavy atom. The van der Waals surface area contributed by atoms with Crippen LogP contribution in [-0.4, -0.2) is 12.6 Å². The molecule has 3 heteroatoms. The first-order chi connectivity index (χ1) is 14.7. The first-order valence-electron chi connectivity index (χ1n) is 12.2. The second-order valence-corrected chi connectivity index (χ2v) is 11.1. The molecule has 162 valence electrons. The van der Waals surface area contributed by atoms with Crippen molar-refractivity contribution in [2.75, 3.05) is 6.54 Å². The van der Waals surface area contributed by atoms with Gasteiger partial charge in [0.05, 0.1) is 5.76 Å². The molecule has 0 radical (unpaired) electrons. The van der Waals surface area contributed by atoms with E-state index in [4.69, 9.17) is 4.74 Å². The number of rotatable bonds is 7. The van der Waals surface area contributed by atoms with E-state index in [9.17, 15) is 0 Å². The minimum atomic E-state index is 0.462. The molecule has 4 atom stereocenters. The molecule has 0 heterocycles. The summed E-state index contributed by atoms with van der Waals surface area (Å²) in [6, 6.07) is 9.18. The lowest BCUT2D eigenvalue weighted by molar-refractivity contribution is -0.0191. The summed E-state index contributed by atoms with van der Waals surface area (Å²) in [7, 11) is 0. The van der Waals surface area contributed by atoms with Gasteiger partial charge in [-0.1, -0.05) is 59.5 Å². The van der Waals surface area contributed by atoms with Gasteiger partial charge in [0, 0.05) is 16.9 Å². The van der Waals surface area contributed by atoms with Crippen molar-refractivity contribution in [2.45, 2.75) is 77.4 Å². The maximum Gasteiger partial charge on any atom is 0.113 e. The molecule has 4 aliphatic rings. The smallest absolute Gasteiger partial charge is 0.113 e. The summed E-state index contributed by atoms with van der Waals surface area (Å²) >= 11 is 3.52. The molecule has 5 rings (SSSR count). The van der Waals surface area contributed by atoms with E-state index >= 15 is 0 Å². The van der Waals surface area contributed by atoms with Crippen molar-refractivity contribution >= 4 is 15.9 Å². The highest BCUT2D eigenvalue weighted by atomic mass is 79.9. The van der Waals surface area contributed by atoms with Gasteiger partial charge in [-0.15, -0.1) is 0 Å².